The van der Waals surface area contributed by atoms with E-state index in [1.807, 2.05) is 37.2 Å². The van der Waals surface area contributed by atoms with Crippen LogP contribution >= 0.6 is 0 Å². The molecule has 90 valence electrons. The van der Waals surface area contributed by atoms with E-state index < -0.39 is 11.9 Å². The van der Waals surface area contributed by atoms with Crippen molar-refractivity contribution in [1.82, 2.24) is 0 Å². The number of anilines is 1. The molecule has 0 spiro atoms. The number of cyclic esters (lactones) is 2. The van der Waals surface area contributed by atoms with E-state index in [0.717, 1.165) is 16.5 Å². The van der Waals surface area contributed by atoms with Crippen molar-refractivity contribution in [1.29, 1.82) is 0 Å². The van der Waals surface area contributed by atoms with Gasteiger partial charge >= 0.3 is 11.9 Å². The lowest BCUT2D eigenvalue weighted by Crippen LogP contribution is -2.08. The van der Waals surface area contributed by atoms with Crippen molar-refractivity contribution in [2.75, 3.05) is 19.0 Å². The number of ether oxygens (including phenoxy) is 1. The zero-order valence-electron chi connectivity index (χ0n) is 10.1. The topological polar surface area (TPSA) is 46.6 Å². The smallest absolute Gasteiger partial charge is 0.346 e. The number of benzene rings is 2. The van der Waals surface area contributed by atoms with Crippen molar-refractivity contribution < 1.29 is 14.3 Å². The van der Waals surface area contributed by atoms with Crippen molar-refractivity contribution in [3.8, 4) is 0 Å². The minimum atomic E-state index is -0.563. The Morgan fingerprint density at radius 2 is 1.50 bits per heavy atom. The van der Waals surface area contributed by atoms with Crippen LogP contribution in [0.2, 0.25) is 0 Å². The van der Waals surface area contributed by atoms with Crippen molar-refractivity contribution >= 4 is 28.4 Å². The molecule has 1 aliphatic heterocycles. The molecule has 0 fully saturated rings. The number of nitrogens with zero attached hydrogens (tertiary/aromatic N) is 1. The Morgan fingerprint density at radius 1 is 0.889 bits per heavy atom. The first-order valence-corrected chi connectivity index (χ1v) is 5.58. The zero-order chi connectivity index (χ0) is 12.9. The van der Waals surface area contributed by atoms with Crippen LogP contribution < -0.4 is 4.90 Å². The molecule has 0 amide bonds. The highest BCUT2D eigenvalue weighted by atomic mass is 16.6. The van der Waals surface area contributed by atoms with Crippen LogP contribution in [-0.2, 0) is 4.74 Å². The fourth-order valence-corrected chi connectivity index (χ4v) is 2.10. The third kappa shape index (κ3) is 1.46. The Balaban J connectivity index is 2.27. The maximum atomic E-state index is 11.5. The molecule has 0 aromatic heterocycles. The zero-order valence-corrected chi connectivity index (χ0v) is 10.1. The van der Waals surface area contributed by atoms with E-state index >= 15 is 0 Å². The molecule has 0 N–H and O–H groups in total. The van der Waals surface area contributed by atoms with Crippen molar-refractivity contribution in [3.05, 3.63) is 41.5 Å². The SMILES string of the molecule is CN(C)c1ccc2cc3c(cc2c1)C(=O)OC3=O. The highest BCUT2D eigenvalue weighted by Crippen LogP contribution is 2.28. The largest absolute Gasteiger partial charge is 0.386 e. The molecule has 2 aromatic rings. The molecule has 0 atom stereocenters. The van der Waals surface area contributed by atoms with Crippen molar-refractivity contribution in [2.24, 2.45) is 0 Å². The normalized spacial score (nSPS) is 13.7. The summed E-state index contributed by atoms with van der Waals surface area (Å²) in [5, 5.41) is 1.85. The van der Waals surface area contributed by atoms with E-state index in [-0.39, 0.29) is 0 Å². The van der Waals surface area contributed by atoms with Crippen LogP contribution in [0.5, 0.6) is 0 Å². The van der Waals surface area contributed by atoms with Gasteiger partial charge in [-0.05, 0) is 35.0 Å². The number of carbonyl (C=O) groups is 2. The van der Waals surface area contributed by atoms with Crippen LogP contribution in [0.4, 0.5) is 5.69 Å². The van der Waals surface area contributed by atoms with Gasteiger partial charge in [-0.25, -0.2) is 9.59 Å². The van der Waals surface area contributed by atoms with Gasteiger partial charge in [-0.1, -0.05) is 6.07 Å². The van der Waals surface area contributed by atoms with Crippen LogP contribution in [-0.4, -0.2) is 26.0 Å². The van der Waals surface area contributed by atoms with E-state index in [0.29, 0.717) is 11.1 Å². The van der Waals surface area contributed by atoms with E-state index in [9.17, 15) is 9.59 Å². The van der Waals surface area contributed by atoms with Crippen LogP contribution in [0.25, 0.3) is 10.8 Å². The molecule has 4 nitrogen and oxygen atoms in total. The average molecular weight is 241 g/mol. The van der Waals surface area contributed by atoms with Gasteiger partial charge < -0.3 is 9.64 Å². The van der Waals surface area contributed by atoms with E-state index in [1.165, 1.54) is 0 Å². The first kappa shape index (κ1) is 10.8. The van der Waals surface area contributed by atoms with Crippen LogP contribution in [0.15, 0.2) is 30.3 Å². The third-order valence-electron chi connectivity index (χ3n) is 3.10. The molecule has 1 heterocycles. The number of carbonyl (C=O) groups excluding carboxylic acids is 2. The van der Waals surface area contributed by atoms with Crippen molar-refractivity contribution in [3.63, 3.8) is 0 Å². The number of hydrogen-bond acceptors (Lipinski definition) is 4. The lowest BCUT2D eigenvalue weighted by Gasteiger charge is -2.13. The summed E-state index contributed by atoms with van der Waals surface area (Å²) >= 11 is 0. The molecule has 0 radical (unpaired) electrons. The van der Waals surface area contributed by atoms with E-state index in [4.69, 9.17) is 0 Å². The van der Waals surface area contributed by atoms with Crippen LogP contribution in [0.3, 0.4) is 0 Å². The summed E-state index contributed by atoms with van der Waals surface area (Å²) in [6, 6.07) is 9.30. The Hall–Kier alpha value is -2.36. The fraction of sp³-hybridized carbons (Fsp3) is 0.143. The van der Waals surface area contributed by atoms with Gasteiger partial charge in [0.15, 0.2) is 0 Å². The molecular formula is C14H11NO3. The van der Waals surface area contributed by atoms with Crippen LogP contribution in [0, 0.1) is 0 Å². The van der Waals surface area contributed by atoms with Gasteiger partial charge in [-0.2, -0.15) is 0 Å². The predicted octanol–water partition coefficient (Wildman–Crippen LogP) is 2.22. The average Bonchev–Trinajstić information content (AvgIpc) is 2.61. The number of rotatable bonds is 1. The Bertz CT molecular complexity index is 689. The monoisotopic (exact) mass is 241 g/mol. The summed E-state index contributed by atoms with van der Waals surface area (Å²) in [6.45, 7) is 0. The second-order valence-electron chi connectivity index (χ2n) is 4.50. The highest BCUT2D eigenvalue weighted by Gasteiger charge is 2.29. The molecule has 0 saturated heterocycles. The summed E-state index contributed by atoms with van der Waals surface area (Å²) in [7, 11) is 3.90. The summed E-state index contributed by atoms with van der Waals surface area (Å²) in [6.07, 6.45) is 0. The van der Waals surface area contributed by atoms with E-state index in [2.05, 4.69) is 4.74 Å². The van der Waals surface area contributed by atoms with Gasteiger partial charge in [0.25, 0.3) is 0 Å². The molecule has 0 unspecified atom stereocenters. The van der Waals surface area contributed by atoms with Gasteiger partial charge in [-0.15, -0.1) is 0 Å². The van der Waals surface area contributed by atoms with Gasteiger partial charge in [0.1, 0.15) is 0 Å². The summed E-state index contributed by atoms with van der Waals surface area (Å²) in [5.41, 5.74) is 1.74. The van der Waals surface area contributed by atoms with E-state index in [1.54, 1.807) is 12.1 Å². The standard InChI is InChI=1S/C14H11NO3/c1-15(2)10-4-3-8-6-11-12(7-9(8)5-10)14(17)18-13(11)16/h3-7H,1-2H3. The Labute approximate surface area is 104 Å². The van der Waals surface area contributed by atoms with Gasteiger partial charge in [0.2, 0.25) is 0 Å². The van der Waals surface area contributed by atoms with Gasteiger partial charge in [0.05, 0.1) is 11.1 Å². The third-order valence-corrected chi connectivity index (χ3v) is 3.10. The predicted molar refractivity (Wildman–Crippen MR) is 68.0 cm³/mol. The molecule has 2 aromatic carbocycles. The second-order valence-corrected chi connectivity index (χ2v) is 4.50. The molecule has 0 aliphatic carbocycles. The Morgan fingerprint density at radius 3 is 2.11 bits per heavy atom. The number of esters is 2. The number of fused-ring (bicyclic) bond motifs is 2. The summed E-state index contributed by atoms with van der Waals surface area (Å²) in [4.78, 5) is 24.9. The minimum Gasteiger partial charge on any atom is -0.386 e. The molecular weight excluding hydrogens is 230 g/mol. The van der Waals surface area contributed by atoms with Gasteiger partial charge in [-0.3, -0.25) is 0 Å². The second kappa shape index (κ2) is 3.57. The van der Waals surface area contributed by atoms with Gasteiger partial charge in [0, 0.05) is 19.8 Å². The summed E-state index contributed by atoms with van der Waals surface area (Å²) < 4.78 is 4.59. The van der Waals surface area contributed by atoms with Crippen molar-refractivity contribution in [2.45, 2.75) is 0 Å². The number of hydrogen-bond donors (Lipinski definition) is 0. The Kier molecular flexibility index (Phi) is 2.13. The molecule has 4 heteroatoms. The molecule has 1 aliphatic rings. The summed E-state index contributed by atoms with van der Waals surface area (Å²) in [5.74, 6) is -1.12. The molecule has 0 saturated carbocycles. The lowest BCUT2D eigenvalue weighted by molar-refractivity contribution is 0.0444. The first-order chi connectivity index (χ1) is 8.56. The maximum Gasteiger partial charge on any atom is 0.346 e. The maximum absolute atomic E-state index is 11.5. The molecule has 0 bridgehead atoms. The highest BCUT2D eigenvalue weighted by molar-refractivity contribution is 6.17. The first-order valence-electron chi connectivity index (χ1n) is 5.58. The molecule has 18 heavy (non-hydrogen) atoms. The molecule has 3 rings (SSSR count). The minimum absolute atomic E-state index is 0.350. The quantitative estimate of drug-likeness (QED) is 0.567. The van der Waals surface area contributed by atoms with Crippen LogP contribution in [0.1, 0.15) is 20.7 Å². The fourth-order valence-electron chi connectivity index (χ4n) is 2.10. The lowest BCUT2D eigenvalue weighted by atomic mass is 10.0.